The fraction of sp³-hybridized carbons (Fsp3) is 0.879. The molecule has 4 aliphatic carbocycles. The number of hydrogen-bond donors (Lipinski definition) is 2. The van der Waals surface area contributed by atoms with Gasteiger partial charge in [-0.3, -0.25) is 9.59 Å². The van der Waals surface area contributed by atoms with E-state index in [1.807, 2.05) is 0 Å². The van der Waals surface area contributed by atoms with Crippen LogP contribution in [0.5, 0.6) is 0 Å². The highest BCUT2D eigenvalue weighted by molar-refractivity contribution is 5.85. The lowest BCUT2D eigenvalue weighted by atomic mass is 9.37. The van der Waals surface area contributed by atoms with Crippen LogP contribution in [0.3, 0.4) is 0 Å². The van der Waals surface area contributed by atoms with Crippen LogP contribution in [0.4, 0.5) is 0 Å². The third-order valence-electron chi connectivity index (χ3n) is 12.8. The summed E-state index contributed by atoms with van der Waals surface area (Å²) in [4.78, 5) is 25.6. The van der Waals surface area contributed by atoms with Gasteiger partial charge in [0.15, 0.2) is 6.29 Å². The number of allylic oxidation sites excluding steroid dienone is 1. The van der Waals surface area contributed by atoms with E-state index >= 15 is 0 Å². The molecule has 0 amide bonds. The summed E-state index contributed by atoms with van der Waals surface area (Å²) in [5.41, 5.74) is -0.801. The number of esters is 1. The van der Waals surface area contributed by atoms with Crippen LogP contribution in [-0.4, -0.2) is 59.3 Å². The number of carbonyl (C=O) groups excluding carboxylic acids is 2. The highest BCUT2D eigenvalue weighted by atomic mass is 16.7. The largest absolute Gasteiger partial charge is 0.462 e. The molecule has 0 bridgehead atoms. The Morgan fingerprint density at radius 2 is 1.80 bits per heavy atom. The first-order chi connectivity index (χ1) is 18.4. The van der Waals surface area contributed by atoms with Crippen molar-refractivity contribution in [1.29, 1.82) is 0 Å². The normalized spacial score (nSPS) is 47.1. The third-order valence-corrected chi connectivity index (χ3v) is 12.8. The van der Waals surface area contributed by atoms with Gasteiger partial charge in [-0.05, 0) is 81.0 Å². The molecule has 0 unspecified atom stereocenters. The van der Waals surface area contributed by atoms with Crippen LogP contribution in [0.2, 0.25) is 0 Å². The minimum absolute atomic E-state index is 0.0173. The van der Waals surface area contributed by atoms with Gasteiger partial charge in [0.2, 0.25) is 0 Å². The van der Waals surface area contributed by atoms with Crippen molar-refractivity contribution < 1.29 is 34.0 Å². The van der Waals surface area contributed by atoms with Crippen LogP contribution in [0, 0.1) is 45.3 Å². The molecule has 0 aromatic rings. The maximum atomic E-state index is 13.1. The molecule has 1 aliphatic heterocycles. The Hall–Kier alpha value is -1.28. The zero-order valence-corrected chi connectivity index (χ0v) is 26.1. The molecule has 2 N–H and O–H groups in total. The van der Waals surface area contributed by atoms with Crippen molar-refractivity contribution in [1.82, 2.24) is 0 Å². The summed E-state index contributed by atoms with van der Waals surface area (Å²) in [5.74, 6) is 0.847. The van der Waals surface area contributed by atoms with Crippen molar-refractivity contribution in [3.05, 3.63) is 11.6 Å². The molecule has 1 heterocycles. The van der Waals surface area contributed by atoms with Crippen molar-refractivity contribution in [3.63, 3.8) is 0 Å². The van der Waals surface area contributed by atoms with Gasteiger partial charge in [0.1, 0.15) is 18.0 Å². The lowest BCUT2D eigenvalue weighted by Gasteiger charge is -2.67. The number of methoxy groups -OCH3 is 1. The minimum atomic E-state index is -1.27. The van der Waals surface area contributed by atoms with E-state index in [-0.39, 0.29) is 46.1 Å². The highest BCUT2D eigenvalue weighted by Gasteiger charge is 2.70. The van der Waals surface area contributed by atoms with E-state index < -0.39 is 29.5 Å². The molecule has 7 nitrogen and oxygen atoms in total. The summed E-state index contributed by atoms with van der Waals surface area (Å²) in [6.45, 7) is 16.0. The summed E-state index contributed by atoms with van der Waals surface area (Å²) in [5, 5.41) is 21.3. The second-order valence-corrected chi connectivity index (χ2v) is 15.6. The molecule has 7 heteroatoms. The number of Topliss-reactive ketones (excluding diaryl/α,β-unsaturated/α-hetero) is 1. The Kier molecular flexibility index (Phi) is 7.26. The van der Waals surface area contributed by atoms with Gasteiger partial charge >= 0.3 is 5.97 Å². The van der Waals surface area contributed by atoms with Gasteiger partial charge in [-0.15, -0.1) is 0 Å². The van der Waals surface area contributed by atoms with Gasteiger partial charge in [-0.2, -0.15) is 0 Å². The molecule has 3 saturated carbocycles. The number of carbonyl (C=O) groups is 2. The molecule has 0 aromatic heterocycles. The predicted molar refractivity (Wildman–Crippen MR) is 151 cm³/mol. The number of aliphatic hydroxyl groups excluding tert-OH is 1. The zero-order valence-electron chi connectivity index (χ0n) is 26.1. The average molecular weight is 561 g/mol. The molecular formula is C33H52O7. The van der Waals surface area contributed by atoms with E-state index in [1.165, 1.54) is 12.5 Å². The first-order valence-electron chi connectivity index (χ1n) is 15.4. The molecule has 40 heavy (non-hydrogen) atoms. The molecular weight excluding hydrogens is 508 g/mol. The van der Waals surface area contributed by atoms with Crippen LogP contribution in [-0.2, 0) is 23.8 Å². The Balaban J connectivity index is 1.51. The van der Waals surface area contributed by atoms with Gasteiger partial charge in [0.05, 0.1) is 11.7 Å². The highest BCUT2D eigenvalue weighted by Crippen LogP contribution is 2.73. The van der Waals surface area contributed by atoms with Crippen LogP contribution >= 0.6 is 0 Å². The van der Waals surface area contributed by atoms with Gasteiger partial charge in [0, 0.05) is 37.2 Å². The first kappa shape index (κ1) is 30.2. The Morgan fingerprint density at radius 1 is 1.12 bits per heavy atom. The Labute approximate surface area is 240 Å². The lowest BCUT2D eigenvalue weighted by Crippen LogP contribution is -2.65. The number of hydrogen-bond acceptors (Lipinski definition) is 7. The van der Waals surface area contributed by atoms with Crippen molar-refractivity contribution in [2.45, 2.75) is 131 Å². The fourth-order valence-electron chi connectivity index (χ4n) is 10.7. The summed E-state index contributed by atoms with van der Waals surface area (Å²) in [6.07, 6.45) is 5.90. The van der Waals surface area contributed by atoms with Crippen LogP contribution in [0.15, 0.2) is 11.6 Å². The van der Waals surface area contributed by atoms with E-state index in [1.54, 1.807) is 21.0 Å². The van der Waals surface area contributed by atoms with Crippen molar-refractivity contribution >= 4 is 11.8 Å². The number of aliphatic hydroxyl groups is 2. The molecule has 4 fully saturated rings. The van der Waals surface area contributed by atoms with Gasteiger partial charge in [-0.25, -0.2) is 0 Å². The maximum Gasteiger partial charge on any atom is 0.302 e. The average Bonchev–Trinajstić information content (AvgIpc) is 3.43. The van der Waals surface area contributed by atoms with Crippen LogP contribution in [0.1, 0.15) is 100 Å². The summed E-state index contributed by atoms with van der Waals surface area (Å²) in [7, 11) is 1.66. The SMILES string of the molecule is CO[C@H]1O[C@@H]([C@H](O)C(C)(C)O)C[C@H]1[C@@H]1CC=C2[C@@]3(C)[C@H](CC[C@]21C)[C@@]1(C)CCC(=O)C(C)(C)[C@@H]1C[C@H]3OC(C)=O. The topological polar surface area (TPSA) is 102 Å². The number of ketones is 1. The van der Waals surface area contributed by atoms with Crippen molar-refractivity contribution in [2.75, 3.05) is 7.11 Å². The molecule has 0 radical (unpaired) electrons. The Morgan fingerprint density at radius 3 is 2.40 bits per heavy atom. The molecule has 226 valence electrons. The van der Waals surface area contributed by atoms with Gasteiger partial charge in [0.25, 0.3) is 0 Å². The van der Waals surface area contributed by atoms with E-state index in [0.717, 1.165) is 25.7 Å². The van der Waals surface area contributed by atoms with E-state index in [9.17, 15) is 19.8 Å². The van der Waals surface area contributed by atoms with Gasteiger partial charge in [-0.1, -0.05) is 46.3 Å². The third kappa shape index (κ3) is 4.19. The molecule has 0 spiro atoms. The van der Waals surface area contributed by atoms with E-state index in [0.29, 0.717) is 31.0 Å². The zero-order chi connectivity index (χ0) is 29.6. The van der Waals surface area contributed by atoms with Crippen molar-refractivity contribution in [2.24, 2.45) is 45.3 Å². The monoisotopic (exact) mass is 560 g/mol. The van der Waals surface area contributed by atoms with Crippen LogP contribution < -0.4 is 0 Å². The summed E-state index contributed by atoms with van der Waals surface area (Å²) in [6, 6.07) is 0. The van der Waals surface area contributed by atoms with Crippen molar-refractivity contribution in [3.8, 4) is 0 Å². The molecule has 5 aliphatic rings. The van der Waals surface area contributed by atoms with Crippen LogP contribution in [0.25, 0.3) is 0 Å². The number of rotatable bonds is 5. The fourth-order valence-corrected chi connectivity index (χ4v) is 10.7. The summed E-state index contributed by atoms with van der Waals surface area (Å²) < 4.78 is 18.3. The second kappa shape index (κ2) is 9.62. The second-order valence-electron chi connectivity index (χ2n) is 15.6. The molecule has 11 atom stereocenters. The Bertz CT molecular complexity index is 1070. The standard InChI is InChI=1S/C33H52O7/c1-18(34)39-26-17-24-29(2,3)25(35)13-15-32(24,7)23-12-14-31(6)20(10-11-22(31)33(23,26)8)19-16-21(40-28(19)38-9)27(36)30(4,5)37/h11,19-21,23-24,26-28,36-37H,10,12-17H2,1-9H3/t19-,20-,21+,23+,24-,26+,27-,28-,31-,32+,33-/m0/s1. The van der Waals surface area contributed by atoms with E-state index in [2.05, 4.69) is 40.7 Å². The minimum Gasteiger partial charge on any atom is -0.462 e. The van der Waals surface area contributed by atoms with Gasteiger partial charge < -0.3 is 24.4 Å². The quantitative estimate of drug-likeness (QED) is 0.351. The smallest absolute Gasteiger partial charge is 0.302 e. The predicted octanol–water partition coefficient (Wildman–Crippen LogP) is 5.21. The molecule has 1 saturated heterocycles. The summed E-state index contributed by atoms with van der Waals surface area (Å²) >= 11 is 0. The van der Waals surface area contributed by atoms with E-state index in [4.69, 9.17) is 14.2 Å². The molecule has 5 rings (SSSR count). The first-order valence-corrected chi connectivity index (χ1v) is 15.4. The maximum absolute atomic E-state index is 13.1. The number of ether oxygens (including phenoxy) is 3. The number of fused-ring (bicyclic) bond motifs is 5. The lowest BCUT2D eigenvalue weighted by molar-refractivity contribution is -0.207. The molecule has 0 aromatic carbocycles.